The molecule has 1 aliphatic carbocycles. The van der Waals surface area contributed by atoms with Crippen molar-refractivity contribution >= 4 is 16.7 Å². The Morgan fingerprint density at radius 1 is 1.00 bits per heavy atom. The fourth-order valence-corrected chi connectivity index (χ4v) is 4.82. The summed E-state index contributed by atoms with van der Waals surface area (Å²) in [4.78, 5) is 21.5. The normalized spacial score (nSPS) is 17.2. The van der Waals surface area contributed by atoms with Crippen LogP contribution < -0.4 is 9.47 Å². The van der Waals surface area contributed by atoms with Gasteiger partial charge in [0.15, 0.2) is 11.5 Å². The van der Waals surface area contributed by atoms with Crippen LogP contribution in [0.5, 0.6) is 11.5 Å². The number of aryl methyl sites for hydroxylation is 2. The molecule has 1 saturated carbocycles. The highest BCUT2D eigenvalue weighted by Gasteiger charge is 2.52. The lowest BCUT2D eigenvalue weighted by Crippen LogP contribution is -2.26. The van der Waals surface area contributed by atoms with Crippen molar-refractivity contribution in [3.05, 3.63) is 77.1 Å². The van der Waals surface area contributed by atoms with Crippen molar-refractivity contribution in [3.8, 4) is 22.8 Å². The highest BCUT2D eigenvalue weighted by molar-refractivity contribution is 5.94. The number of nitrogens with zero attached hydrogens (tertiary/aromatic N) is 1. The van der Waals surface area contributed by atoms with Crippen LogP contribution >= 0.6 is 0 Å². The standard InChI is InChI=1S/C27H22F2N2O3/c1-15-3-6-20(31-25(15)17-4-7-21-18(12-17)11-16(2)30-21)14-24(32)26(9-10-26)19-5-8-22-23(13-19)34-27(28,29)33-22/h3-8,11-13,30H,9-10,14H2,1-2H3. The van der Waals surface area contributed by atoms with E-state index in [0.717, 1.165) is 33.4 Å². The van der Waals surface area contributed by atoms with Gasteiger partial charge in [-0.2, -0.15) is 0 Å². The zero-order valence-electron chi connectivity index (χ0n) is 18.7. The van der Waals surface area contributed by atoms with Crippen LogP contribution in [0.15, 0.2) is 54.6 Å². The third kappa shape index (κ3) is 3.43. The molecule has 6 rings (SSSR count). The van der Waals surface area contributed by atoms with Gasteiger partial charge in [0.25, 0.3) is 0 Å². The molecule has 3 heterocycles. The van der Waals surface area contributed by atoms with Crippen molar-refractivity contribution < 1.29 is 23.0 Å². The van der Waals surface area contributed by atoms with Gasteiger partial charge in [0.2, 0.25) is 0 Å². The van der Waals surface area contributed by atoms with Crippen molar-refractivity contribution in [1.82, 2.24) is 9.97 Å². The van der Waals surface area contributed by atoms with E-state index in [-0.39, 0.29) is 23.7 Å². The van der Waals surface area contributed by atoms with Gasteiger partial charge in [-0.25, -0.2) is 0 Å². The van der Waals surface area contributed by atoms with Crippen LogP contribution in [-0.2, 0) is 16.6 Å². The minimum atomic E-state index is -3.67. The number of halogens is 2. The smallest absolute Gasteiger partial charge is 0.395 e. The van der Waals surface area contributed by atoms with Crippen molar-refractivity contribution in [2.45, 2.75) is 44.8 Å². The molecule has 0 amide bonds. The van der Waals surface area contributed by atoms with Gasteiger partial charge < -0.3 is 14.5 Å². The van der Waals surface area contributed by atoms with E-state index in [0.29, 0.717) is 24.1 Å². The van der Waals surface area contributed by atoms with E-state index in [2.05, 4.69) is 26.6 Å². The maximum atomic E-state index is 13.4. The Kier molecular flexibility index (Phi) is 4.37. The van der Waals surface area contributed by atoms with E-state index in [1.54, 1.807) is 6.07 Å². The summed E-state index contributed by atoms with van der Waals surface area (Å²) in [6, 6.07) is 16.8. The summed E-state index contributed by atoms with van der Waals surface area (Å²) >= 11 is 0. The maximum absolute atomic E-state index is 13.4. The molecule has 0 saturated heterocycles. The first-order chi connectivity index (χ1) is 16.2. The number of ether oxygens (including phenoxy) is 2. The number of carbonyl (C=O) groups is 1. The second kappa shape index (κ2) is 7.13. The first-order valence-electron chi connectivity index (χ1n) is 11.2. The fraction of sp³-hybridized carbons (Fsp3) is 0.259. The number of aromatic amines is 1. The van der Waals surface area contributed by atoms with Gasteiger partial charge in [0.1, 0.15) is 5.78 Å². The lowest BCUT2D eigenvalue weighted by molar-refractivity contribution is -0.286. The van der Waals surface area contributed by atoms with Gasteiger partial charge in [-0.1, -0.05) is 18.2 Å². The quantitative estimate of drug-likeness (QED) is 0.396. The number of aromatic nitrogens is 2. The van der Waals surface area contributed by atoms with Gasteiger partial charge >= 0.3 is 6.29 Å². The Balaban J connectivity index is 1.28. The van der Waals surface area contributed by atoms with Crippen LogP contribution in [0.25, 0.3) is 22.2 Å². The van der Waals surface area contributed by atoms with Crippen LogP contribution in [0.4, 0.5) is 8.78 Å². The molecule has 34 heavy (non-hydrogen) atoms. The molecule has 1 N–H and O–H groups in total. The van der Waals surface area contributed by atoms with Crippen LogP contribution in [0.1, 0.15) is 35.4 Å². The molecular formula is C27H22F2N2O3. The summed E-state index contributed by atoms with van der Waals surface area (Å²) in [5, 5.41) is 1.11. The number of benzene rings is 2. The molecule has 1 fully saturated rings. The van der Waals surface area contributed by atoms with Crippen LogP contribution in [0, 0.1) is 13.8 Å². The first-order valence-corrected chi connectivity index (χ1v) is 11.2. The lowest BCUT2D eigenvalue weighted by atomic mass is 9.88. The van der Waals surface area contributed by atoms with Crippen LogP contribution in [0.3, 0.4) is 0 Å². The number of carbonyl (C=O) groups excluding carboxylic acids is 1. The summed E-state index contributed by atoms with van der Waals surface area (Å²) in [7, 11) is 0. The van der Waals surface area contributed by atoms with Crippen molar-refractivity contribution in [1.29, 1.82) is 0 Å². The van der Waals surface area contributed by atoms with E-state index in [1.165, 1.54) is 12.1 Å². The van der Waals surface area contributed by atoms with Gasteiger partial charge in [-0.15, -0.1) is 8.78 Å². The molecule has 0 spiro atoms. The molecule has 2 aliphatic rings. The summed E-state index contributed by atoms with van der Waals surface area (Å²) < 4.78 is 35.9. The van der Waals surface area contributed by atoms with E-state index >= 15 is 0 Å². The molecule has 0 bridgehead atoms. The van der Waals surface area contributed by atoms with Crippen LogP contribution in [0.2, 0.25) is 0 Å². The van der Waals surface area contributed by atoms with Gasteiger partial charge in [0, 0.05) is 34.3 Å². The Morgan fingerprint density at radius 3 is 2.59 bits per heavy atom. The minimum absolute atomic E-state index is 0.0172. The van der Waals surface area contributed by atoms with E-state index in [1.807, 2.05) is 38.1 Å². The molecular weight excluding hydrogens is 438 g/mol. The molecule has 4 aromatic rings. The molecule has 0 atom stereocenters. The van der Waals surface area contributed by atoms with Gasteiger partial charge in [0.05, 0.1) is 11.1 Å². The second-order valence-electron chi connectivity index (χ2n) is 9.23. The van der Waals surface area contributed by atoms with Crippen LogP contribution in [-0.4, -0.2) is 22.0 Å². The molecule has 2 aromatic heterocycles. The van der Waals surface area contributed by atoms with Gasteiger partial charge in [-0.3, -0.25) is 9.78 Å². The highest BCUT2D eigenvalue weighted by atomic mass is 19.3. The Morgan fingerprint density at radius 2 is 1.79 bits per heavy atom. The SMILES string of the molecule is Cc1cc2cc(-c3nc(CC(=O)C4(c5ccc6c(c5)OC(F)(F)O6)CC4)ccc3C)ccc2[nH]1. The number of hydrogen-bond donors (Lipinski definition) is 1. The number of alkyl halides is 2. The van der Waals surface area contributed by atoms with Crippen molar-refractivity contribution in [2.24, 2.45) is 0 Å². The maximum Gasteiger partial charge on any atom is 0.586 e. The van der Waals surface area contributed by atoms with E-state index < -0.39 is 11.7 Å². The number of H-pyrrole nitrogens is 1. The number of nitrogens with one attached hydrogen (secondary N) is 1. The molecule has 172 valence electrons. The molecule has 0 radical (unpaired) electrons. The number of rotatable bonds is 5. The predicted octanol–water partition coefficient (Wildman–Crippen LogP) is 6.01. The third-order valence-corrected chi connectivity index (χ3v) is 6.76. The third-order valence-electron chi connectivity index (χ3n) is 6.76. The summed E-state index contributed by atoms with van der Waals surface area (Å²) in [6.07, 6.45) is -2.16. The molecule has 0 unspecified atom stereocenters. The van der Waals surface area contributed by atoms with Crippen molar-refractivity contribution in [3.63, 3.8) is 0 Å². The highest BCUT2D eigenvalue weighted by Crippen LogP contribution is 2.52. The Bertz CT molecular complexity index is 1470. The molecule has 5 nitrogen and oxygen atoms in total. The Hall–Kier alpha value is -3.74. The number of Topliss-reactive ketones (excluding diaryl/α,β-unsaturated/α-hetero) is 1. The number of ketones is 1. The largest absolute Gasteiger partial charge is 0.586 e. The lowest BCUT2D eigenvalue weighted by Gasteiger charge is -2.15. The fourth-order valence-electron chi connectivity index (χ4n) is 4.82. The molecule has 1 aliphatic heterocycles. The second-order valence-corrected chi connectivity index (χ2v) is 9.23. The average molecular weight is 460 g/mol. The first kappa shape index (κ1) is 20.8. The number of hydrogen-bond acceptors (Lipinski definition) is 4. The van der Waals surface area contributed by atoms with Crippen molar-refractivity contribution in [2.75, 3.05) is 0 Å². The summed E-state index contributed by atoms with van der Waals surface area (Å²) in [6.45, 7) is 4.03. The van der Waals surface area contributed by atoms with E-state index in [4.69, 9.17) is 4.98 Å². The monoisotopic (exact) mass is 460 g/mol. The summed E-state index contributed by atoms with van der Waals surface area (Å²) in [5.41, 5.74) is 5.72. The zero-order valence-corrected chi connectivity index (χ0v) is 18.7. The number of fused-ring (bicyclic) bond motifs is 2. The number of pyridine rings is 1. The molecule has 7 heteroatoms. The Labute approximate surface area is 194 Å². The molecule has 2 aromatic carbocycles. The summed E-state index contributed by atoms with van der Waals surface area (Å²) in [5.74, 6) is -0.0266. The minimum Gasteiger partial charge on any atom is -0.395 e. The van der Waals surface area contributed by atoms with Gasteiger partial charge in [-0.05, 0) is 74.2 Å². The zero-order chi connectivity index (χ0) is 23.7. The predicted molar refractivity (Wildman–Crippen MR) is 123 cm³/mol. The average Bonchev–Trinajstić information content (AvgIpc) is 3.42. The van der Waals surface area contributed by atoms with E-state index in [9.17, 15) is 13.6 Å². The topological polar surface area (TPSA) is 64.2 Å².